The van der Waals surface area contributed by atoms with Gasteiger partial charge in [-0.3, -0.25) is 102 Å². The maximum absolute atomic E-state index is 14.7. The van der Waals surface area contributed by atoms with Crippen LogP contribution in [0.3, 0.4) is 0 Å². The van der Waals surface area contributed by atoms with E-state index in [9.17, 15) is 86.3 Å². The monoisotopic (exact) mass is 1910 g/mol. The minimum atomic E-state index is -5.69. The second-order valence-electron chi connectivity index (χ2n) is 29.5. The fourth-order valence-corrected chi connectivity index (χ4v) is 20.3. The highest BCUT2D eigenvalue weighted by molar-refractivity contribution is 7.48. The van der Waals surface area contributed by atoms with Crippen LogP contribution in [0.5, 0.6) is 0 Å². The predicted molar refractivity (Wildman–Crippen MR) is 420 cm³/mol. The van der Waals surface area contributed by atoms with Crippen molar-refractivity contribution in [3.05, 3.63) is 119 Å². The van der Waals surface area contributed by atoms with Crippen molar-refractivity contribution < 1.29 is 131 Å². The third-order valence-electron chi connectivity index (χ3n) is 21.2. The van der Waals surface area contributed by atoms with Crippen molar-refractivity contribution in [1.29, 1.82) is 0 Å². The van der Waals surface area contributed by atoms with Crippen LogP contribution < -0.4 is 68.1 Å². The van der Waals surface area contributed by atoms with Gasteiger partial charge < -0.3 is 97.5 Å². The summed E-state index contributed by atoms with van der Waals surface area (Å²) in [5.74, 6) is -2.84. The van der Waals surface area contributed by atoms with Crippen molar-refractivity contribution in [3.8, 4) is 0 Å². The number of imidazole rings is 6. The third-order valence-corrected chi connectivity index (χ3v) is 26.3. The van der Waals surface area contributed by atoms with Crippen molar-refractivity contribution in [2.45, 2.75) is 149 Å². The van der Waals surface area contributed by atoms with Gasteiger partial charge in [0.25, 0.3) is 16.7 Å². The van der Waals surface area contributed by atoms with Gasteiger partial charge in [-0.25, -0.2) is 65.4 Å². The SMILES string of the molecule is Nc1nc(=O)n2ccn([C@@H]3C[C@H](OP(=O)(O)OC[C@H]4O[C@H](n5ccn6c(=O)nc(N)nc56)C[C@@H]4OP(=O)(O)OC[C@H]4O[C@H](n5ccn6c(=O)nc(N)nc56)C[C@@H]4OP(=O)(O)OC[C@H]4O[C@@H](n5cnc6c(=O)[nH]c(N)nc65)C[C@@H]4OP(=O)(O)OC[C@H]4O[C@@H](n5cnc6c(=O)[nH]c(N)nc65)C[C@@H]4OP(=O)(O)OC[C@H]4O[C@@H](n5cnc6c(=O)[nH]c(N)nc65)C[C@@H]4O)[C@@H](CO)O3)c2n1. The Morgan fingerprint density at radius 3 is 0.884 bits per heavy atom. The van der Waals surface area contributed by atoms with Crippen molar-refractivity contribution >= 4 is 126 Å². The standard InChI is InChI=1S/C60H73N30O34P5/c61-49-70-43-40(46(93)73-49)67-19-88(43)34-7-22(92)29(115-34)14-109-125(99,100)123-26-11-38(89-20-68-41-44(89)71-50(62)74-47(41)94)118-32(26)17-113-129(107,108)124-27-12-39(90-21-69-42-45(90)72-51(63)75-48(42)95)119-33(27)18-112-128(105,106)122-25-10-37(84-3-6-87-57(84)78-54(66)81-60(87)98)117-31(25)16-111-127(103,104)121-24-9-36(83-2-5-86-56(83)77-53(65)80-59(86)97)116-30(24)15-110-126(101,102)120-23-8-35(114-28(23)13-91)82-1-4-85-55(82)76-52(64)79-58(85)96/h1-6,19-39,91-92H,7-18H2,(H,99,100)(H,101,102)(H,103,104)(H,105,106)(H,107,108)(H2,64,79,96)(H2,65,80,97)(H2,66,81,98)(H3,61,70,73,93)(H3,62,71,74,94)(H3,63,72,75,95)/t22-,23-,24-,25-,26-,27-,28+,29+,30+,31+,32+,33+,34+,35-,36-,37-,38+,39+/m0/s1. The summed E-state index contributed by atoms with van der Waals surface area (Å²) in [4.78, 5) is 189. The first-order chi connectivity index (χ1) is 61.2. The Hall–Kier alpha value is -10.9. The van der Waals surface area contributed by atoms with Gasteiger partial charge in [-0.15, -0.1) is 0 Å². The van der Waals surface area contributed by atoms with Gasteiger partial charge in [0.15, 0.2) is 33.5 Å². The molecule has 6 aliphatic rings. The zero-order valence-electron chi connectivity index (χ0n) is 65.3. The normalized spacial score (nSPS) is 28.6. The molecular weight excluding hydrogens is 1840 g/mol. The number of aromatic nitrogens is 24. The van der Waals surface area contributed by atoms with Crippen LogP contribution in [0.1, 0.15) is 75.9 Å². The molecule has 6 aliphatic heterocycles. The van der Waals surface area contributed by atoms with Crippen LogP contribution in [-0.2, 0) is 96.5 Å². The van der Waals surface area contributed by atoms with Crippen LogP contribution in [-0.4, -0.2) is 263 Å². The van der Waals surface area contributed by atoms with Crippen molar-refractivity contribution in [2.24, 2.45) is 0 Å². The second-order valence-corrected chi connectivity index (χ2v) is 36.6. The number of phosphoric ester groups is 5. The minimum Gasteiger partial charge on any atom is -0.394 e. The van der Waals surface area contributed by atoms with Gasteiger partial charge in [0.05, 0.1) is 64.7 Å². The highest BCUT2D eigenvalue weighted by Crippen LogP contribution is 2.57. The molecule has 0 aromatic carbocycles. The number of H-pyrrole nitrogens is 3. The van der Waals surface area contributed by atoms with Crippen LogP contribution in [0.2, 0.25) is 0 Å². The molecule has 5 unspecified atom stereocenters. The van der Waals surface area contributed by atoms with E-state index < -0.39 is 267 Å². The number of aromatic amines is 3. The molecule has 0 amide bonds. The number of nitrogens with two attached hydrogens (primary N) is 6. The smallest absolute Gasteiger partial charge is 0.394 e. The molecule has 12 aromatic rings. The molecule has 0 radical (unpaired) electrons. The molecule has 22 N–H and O–H groups in total. The zero-order valence-corrected chi connectivity index (χ0v) is 69.8. The number of aliphatic hydroxyl groups excluding tert-OH is 2. The van der Waals surface area contributed by atoms with Crippen LogP contribution in [0.25, 0.3) is 50.8 Å². The number of aliphatic hydroxyl groups is 2. The van der Waals surface area contributed by atoms with Crippen molar-refractivity contribution in [2.75, 3.05) is 74.0 Å². The fraction of sp³-hybridized carbons (Fsp3) is 0.500. The molecule has 12 aromatic heterocycles. The van der Waals surface area contributed by atoms with Crippen LogP contribution in [0.4, 0.5) is 35.7 Å². The molecule has 0 saturated carbocycles. The lowest BCUT2D eigenvalue weighted by Gasteiger charge is -2.26. The average molecular weight is 1910 g/mol. The van der Waals surface area contributed by atoms with Gasteiger partial charge in [0, 0.05) is 75.7 Å². The van der Waals surface area contributed by atoms with Crippen LogP contribution in [0, 0.1) is 0 Å². The van der Waals surface area contributed by atoms with E-state index in [4.69, 9.17) is 108 Å². The van der Waals surface area contributed by atoms with Gasteiger partial charge in [-0.1, -0.05) is 0 Å². The molecule has 23 atom stereocenters. The van der Waals surface area contributed by atoms with E-state index in [1.54, 1.807) is 0 Å². The largest absolute Gasteiger partial charge is 0.472 e. The molecule has 129 heavy (non-hydrogen) atoms. The van der Waals surface area contributed by atoms with E-state index in [0.717, 1.165) is 30.4 Å². The lowest BCUT2D eigenvalue weighted by Crippen LogP contribution is -2.32. The van der Waals surface area contributed by atoms with E-state index in [2.05, 4.69) is 74.8 Å². The Morgan fingerprint density at radius 1 is 0.349 bits per heavy atom. The number of hydrogen-bond acceptors (Lipinski definition) is 47. The third kappa shape index (κ3) is 18.2. The maximum Gasteiger partial charge on any atom is 0.472 e. The molecular formula is C60H73N30O34P5. The molecule has 18 heterocycles. The lowest BCUT2D eigenvalue weighted by molar-refractivity contribution is -0.0638. The summed E-state index contributed by atoms with van der Waals surface area (Å²) >= 11 is 0. The number of phosphoric acid groups is 5. The number of anilines is 6. The molecule has 0 spiro atoms. The summed E-state index contributed by atoms with van der Waals surface area (Å²) in [7, 11) is -27.6. The Morgan fingerprint density at radius 2 is 0.597 bits per heavy atom. The molecule has 69 heteroatoms. The molecule has 6 saturated heterocycles. The van der Waals surface area contributed by atoms with Gasteiger partial charge in [0.1, 0.15) is 105 Å². The summed E-state index contributed by atoms with van der Waals surface area (Å²) < 4.78 is 175. The Bertz CT molecular complexity index is 7010. The molecule has 692 valence electrons. The molecule has 6 fully saturated rings. The molecule has 0 bridgehead atoms. The summed E-state index contributed by atoms with van der Waals surface area (Å²) in [6, 6.07) is 0. The first-order valence-corrected chi connectivity index (χ1v) is 45.6. The Balaban J connectivity index is 0.573. The first-order valence-electron chi connectivity index (χ1n) is 38.1. The quantitative estimate of drug-likeness (QED) is 0.0176. The number of nitrogens with zero attached hydrogens (tertiary/aromatic N) is 21. The number of rotatable bonds is 32. The van der Waals surface area contributed by atoms with E-state index in [0.29, 0.717) is 0 Å². The van der Waals surface area contributed by atoms with Gasteiger partial charge >= 0.3 is 56.2 Å². The van der Waals surface area contributed by atoms with Gasteiger partial charge in [-0.05, 0) is 0 Å². The molecule has 18 rings (SSSR count). The first kappa shape index (κ1) is 88.8. The summed E-state index contributed by atoms with van der Waals surface area (Å²) in [6.45, 7) is -5.96. The minimum absolute atomic E-state index is 0.0120. The summed E-state index contributed by atoms with van der Waals surface area (Å²) in [5.41, 5.74) is 29.1. The number of fused-ring (bicyclic) bond motifs is 6. The van der Waals surface area contributed by atoms with Gasteiger partial charge in [0.2, 0.25) is 53.0 Å². The van der Waals surface area contributed by atoms with Crippen LogP contribution in [0.15, 0.2) is 84.9 Å². The number of ether oxygens (including phenoxy) is 6. The van der Waals surface area contributed by atoms with Crippen molar-refractivity contribution in [3.63, 3.8) is 0 Å². The maximum atomic E-state index is 14.7. The lowest BCUT2D eigenvalue weighted by atomic mass is 10.2. The van der Waals surface area contributed by atoms with Gasteiger partial charge in [-0.2, -0.15) is 44.9 Å². The Kier molecular flexibility index (Phi) is 23.5. The highest BCUT2D eigenvalue weighted by Gasteiger charge is 2.52. The Labute approximate surface area is 711 Å². The van der Waals surface area contributed by atoms with E-state index in [-0.39, 0.29) is 81.5 Å². The molecule has 64 nitrogen and oxygen atoms in total. The highest BCUT2D eigenvalue weighted by atomic mass is 31.2. The predicted octanol–water partition coefficient (Wildman–Crippen LogP) is -4.82. The van der Waals surface area contributed by atoms with Crippen LogP contribution >= 0.6 is 39.1 Å². The average Bonchev–Trinajstić information content (AvgIpc) is 1.65. The fourth-order valence-electron chi connectivity index (χ4n) is 15.5. The van der Waals surface area contributed by atoms with E-state index >= 15 is 0 Å². The topological polar surface area (TPSA) is 878 Å². The summed E-state index contributed by atoms with van der Waals surface area (Å²) in [5, 5.41) is 21.4. The number of hydrogen-bond donors (Lipinski definition) is 16. The number of nitrogens with one attached hydrogen (secondary N) is 3. The van der Waals surface area contributed by atoms with Crippen molar-refractivity contribution in [1.82, 2.24) is 115 Å². The molecule has 0 aliphatic carbocycles. The van der Waals surface area contributed by atoms with E-state index in [1.807, 2.05) is 0 Å². The summed E-state index contributed by atoms with van der Waals surface area (Å²) in [6.07, 6.45) is -18.6. The second kappa shape index (κ2) is 34.1. The van der Waals surface area contributed by atoms with E-state index in [1.165, 1.54) is 66.3 Å². The number of nitrogen functional groups attached to an aromatic ring is 6. The zero-order chi connectivity index (χ0) is 91.0.